The van der Waals surface area contributed by atoms with Crippen molar-refractivity contribution >= 4 is 24.9 Å². The van der Waals surface area contributed by atoms with Crippen molar-refractivity contribution in [2.45, 2.75) is 24.9 Å². The summed E-state index contributed by atoms with van der Waals surface area (Å²) < 4.78 is 6.56. The standard InChI is InChI=1S/C17H19BN6O6/c25-14(8-24-7-12(22-23-24)16(26)20-10-5-19-6-10)21-13-4-9-2-1-3-11(17(27)28)15(9)30-18(13)29/h1-3,7,10,13,19,29H,4-6,8H2,(H,20,26)(H,21,25)(H,27,28)/t13-/m0/s1. The second-order valence-electron chi connectivity index (χ2n) is 7.12. The Labute approximate surface area is 170 Å². The molecule has 0 bridgehead atoms. The zero-order valence-corrected chi connectivity index (χ0v) is 15.7. The average Bonchev–Trinajstić information content (AvgIpc) is 3.13. The fourth-order valence-corrected chi connectivity index (χ4v) is 3.25. The van der Waals surface area contributed by atoms with E-state index in [2.05, 4.69) is 26.3 Å². The minimum atomic E-state index is -1.41. The molecule has 5 N–H and O–H groups in total. The van der Waals surface area contributed by atoms with Gasteiger partial charge in [0, 0.05) is 13.1 Å². The second kappa shape index (κ2) is 8.12. The van der Waals surface area contributed by atoms with Crippen LogP contribution in [0.4, 0.5) is 0 Å². The predicted octanol–water partition coefficient (Wildman–Crippen LogP) is -2.18. The van der Waals surface area contributed by atoms with Gasteiger partial charge in [0.15, 0.2) is 5.69 Å². The molecule has 1 fully saturated rings. The summed E-state index contributed by atoms with van der Waals surface area (Å²) in [5.74, 6) is -2.68. The minimum absolute atomic E-state index is 0.0533. The summed E-state index contributed by atoms with van der Waals surface area (Å²) in [5.41, 5.74) is 0.615. The minimum Gasteiger partial charge on any atom is -0.534 e. The molecule has 12 nitrogen and oxygen atoms in total. The first-order valence-corrected chi connectivity index (χ1v) is 9.31. The zero-order valence-electron chi connectivity index (χ0n) is 15.7. The van der Waals surface area contributed by atoms with Gasteiger partial charge in [0.05, 0.1) is 23.7 Å². The first kappa shape index (κ1) is 19.9. The third kappa shape index (κ3) is 4.11. The smallest absolute Gasteiger partial charge is 0.534 e. The van der Waals surface area contributed by atoms with Crippen molar-refractivity contribution in [2.24, 2.45) is 0 Å². The van der Waals surface area contributed by atoms with Gasteiger partial charge in [-0.1, -0.05) is 17.3 Å². The SMILES string of the molecule is O=C(Cn1cc(C(=O)NC2CNC2)nn1)N[C@H]1Cc2cccc(C(=O)O)c2OB1O. The number of nitrogens with zero attached hydrogens (tertiary/aromatic N) is 3. The number of benzene rings is 1. The van der Waals surface area contributed by atoms with Crippen LogP contribution in [-0.2, 0) is 17.8 Å². The number of hydrogen-bond acceptors (Lipinski definition) is 8. The molecule has 0 aliphatic carbocycles. The molecule has 0 spiro atoms. The predicted molar refractivity (Wildman–Crippen MR) is 102 cm³/mol. The van der Waals surface area contributed by atoms with Crippen molar-refractivity contribution in [3.05, 3.63) is 41.2 Å². The number of aromatic nitrogens is 3. The van der Waals surface area contributed by atoms with Crippen molar-refractivity contribution in [2.75, 3.05) is 13.1 Å². The summed E-state index contributed by atoms with van der Waals surface area (Å²) in [5, 5.41) is 35.4. The lowest BCUT2D eigenvalue weighted by Gasteiger charge is -2.28. The molecule has 156 valence electrons. The molecule has 2 aromatic rings. The van der Waals surface area contributed by atoms with Crippen LogP contribution in [0.3, 0.4) is 0 Å². The maximum atomic E-state index is 12.4. The molecular formula is C17H19BN6O6. The molecule has 2 amide bonds. The summed E-state index contributed by atoms with van der Waals surface area (Å²) in [4.78, 5) is 35.7. The average molecular weight is 414 g/mol. The highest BCUT2D eigenvalue weighted by Crippen LogP contribution is 2.30. The molecule has 0 saturated carbocycles. The highest BCUT2D eigenvalue weighted by Gasteiger charge is 2.37. The van der Waals surface area contributed by atoms with Gasteiger partial charge in [-0.25, -0.2) is 9.48 Å². The zero-order chi connectivity index (χ0) is 21.3. The molecule has 2 aliphatic heterocycles. The number of carboxylic acids is 1. The lowest BCUT2D eigenvalue weighted by molar-refractivity contribution is -0.122. The third-order valence-corrected chi connectivity index (χ3v) is 4.89. The highest BCUT2D eigenvalue weighted by molar-refractivity contribution is 6.47. The molecule has 1 aromatic heterocycles. The topological polar surface area (TPSA) is 168 Å². The van der Waals surface area contributed by atoms with Gasteiger partial charge in [-0.3, -0.25) is 9.59 Å². The Bertz CT molecular complexity index is 993. The van der Waals surface area contributed by atoms with Crippen LogP contribution >= 0.6 is 0 Å². The van der Waals surface area contributed by atoms with Crippen LogP contribution in [0.15, 0.2) is 24.4 Å². The highest BCUT2D eigenvalue weighted by atomic mass is 16.5. The maximum Gasteiger partial charge on any atom is 0.547 e. The molecule has 0 unspecified atom stereocenters. The summed E-state index contributed by atoms with van der Waals surface area (Å²) >= 11 is 0. The summed E-state index contributed by atoms with van der Waals surface area (Å²) in [7, 11) is -1.41. The number of nitrogens with one attached hydrogen (secondary N) is 3. The first-order valence-electron chi connectivity index (χ1n) is 9.31. The third-order valence-electron chi connectivity index (χ3n) is 4.89. The molecule has 1 atom stereocenters. The number of aromatic carboxylic acids is 1. The molecule has 1 aromatic carbocycles. The van der Waals surface area contributed by atoms with Crippen molar-refractivity contribution < 1.29 is 29.2 Å². The van der Waals surface area contributed by atoms with Gasteiger partial charge >= 0.3 is 13.1 Å². The number of carbonyl (C=O) groups is 3. The number of fused-ring (bicyclic) bond motifs is 1. The normalized spacial score (nSPS) is 18.0. The van der Waals surface area contributed by atoms with E-state index in [9.17, 15) is 24.5 Å². The van der Waals surface area contributed by atoms with Crippen LogP contribution in [0.2, 0.25) is 0 Å². The van der Waals surface area contributed by atoms with E-state index in [0.717, 1.165) is 0 Å². The van der Waals surface area contributed by atoms with E-state index in [1.165, 1.54) is 16.9 Å². The Kier molecular flexibility index (Phi) is 5.38. The Morgan fingerprint density at radius 3 is 2.80 bits per heavy atom. The molecule has 30 heavy (non-hydrogen) atoms. The monoisotopic (exact) mass is 414 g/mol. The van der Waals surface area contributed by atoms with Crippen molar-refractivity contribution in [1.29, 1.82) is 0 Å². The van der Waals surface area contributed by atoms with E-state index < -0.39 is 24.9 Å². The summed E-state index contributed by atoms with van der Waals surface area (Å²) in [6, 6.07) is 4.69. The van der Waals surface area contributed by atoms with Crippen LogP contribution in [0.25, 0.3) is 0 Å². The second-order valence-corrected chi connectivity index (χ2v) is 7.12. The molecule has 1 saturated heterocycles. The van der Waals surface area contributed by atoms with E-state index in [1.54, 1.807) is 12.1 Å². The number of para-hydroxylation sites is 1. The molecule has 13 heteroatoms. The quantitative estimate of drug-likeness (QED) is 0.330. The Morgan fingerprint density at radius 1 is 1.30 bits per heavy atom. The van der Waals surface area contributed by atoms with Gasteiger partial charge in [0.1, 0.15) is 12.3 Å². The fourth-order valence-electron chi connectivity index (χ4n) is 3.25. The lowest BCUT2D eigenvalue weighted by atomic mass is 9.72. The van der Waals surface area contributed by atoms with Gasteiger partial charge in [-0.2, -0.15) is 0 Å². The fraction of sp³-hybridized carbons (Fsp3) is 0.353. The van der Waals surface area contributed by atoms with Crippen LogP contribution in [0.1, 0.15) is 26.4 Å². The Morgan fingerprint density at radius 2 is 2.10 bits per heavy atom. The van der Waals surface area contributed by atoms with E-state index in [1.807, 2.05) is 0 Å². The largest absolute Gasteiger partial charge is 0.547 e. The van der Waals surface area contributed by atoms with Gasteiger partial charge in [0.2, 0.25) is 5.91 Å². The number of amides is 2. The first-order chi connectivity index (χ1) is 14.4. The number of rotatable bonds is 6. The van der Waals surface area contributed by atoms with Gasteiger partial charge < -0.3 is 30.7 Å². The Balaban J connectivity index is 1.36. The molecular weight excluding hydrogens is 395 g/mol. The molecule has 0 radical (unpaired) electrons. The van der Waals surface area contributed by atoms with Crippen molar-refractivity contribution in [3.63, 3.8) is 0 Å². The van der Waals surface area contributed by atoms with Gasteiger partial charge in [0.25, 0.3) is 5.91 Å². The Hall–Kier alpha value is -3.45. The van der Waals surface area contributed by atoms with E-state index >= 15 is 0 Å². The van der Waals surface area contributed by atoms with Gasteiger partial charge in [-0.05, 0) is 18.1 Å². The molecule has 4 rings (SSSR count). The summed E-state index contributed by atoms with van der Waals surface area (Å²) in [6.07, 6.45) is 1.56. The van der Waals surface area contributed by atoms with Crippen LogP contribution < -0.4 is 20.6 Å². The van der Waals surface area contributed by atoms with E-state index in [0.29, 0.717) is 18.7 Å². The maximum absolute atomic E-state index is 12.4. The van der Waals surface area contributed by atoms with Crippen molar-refractivity contribution in [1.82, 2.24) is 30.9 Å². The lowest BCUT2D eigenvalue weighted by Crippen LogP contribution is -2.57. The van der Waals surface area contributed by atoms with Crippen molar-refractivity contribution in [3.8, 4) is 5.75 Å². The van der Waals surface area contributed by atoms with E-state index in [-0.39, 0.29) is 41.9 Å². The molecule has 2 aliphatic rings. The number of carboxylic acid groups (broad SMARTS) is 1. The van der Waals surface area contributed by atoms with Crippen LogP contribution in [-0.4, -0.2) is 75.1 Å². The molecule has 3 heterocycles. The number of hydrogen-bond donors (Lipinski definition) is 5. The van der Waals surface area contributed by atoms with Crippen LogP contribution in [0, 0.1) is 0 Å². The van der Waals surface area contributed by atoms with Gasteiger partial charge in [-0.15, -0.1) is 5.10 Å². The number of carbonyl (C=O) groups excluding carboxylic acids is 2. The summed E-state index contributed by atoms with van der Waals surface area (Å²) in [6.45, 7) is 1.19. The van der Waals surface area contributed by atoms with E-state index in [4.69, 9.17) is 4.65 Å². The van der Waals surface area contributed by atoms with Crippen LogP contribution in [0.5, 0.6) is 5.75 Å².